The Balaban J connectivity index is 1.17. The Kier molecular flexibility index (Phi) is 6.88. The number of likely N-dealkylation sites (tertiary alicyclic amines) is 1. The molecule has 2 amide bonds. The molecule has 0 radical (unpaired) electrons. The predicted octanol–water partition coefficient (Wildman–Crippen LogP) is 4.07. The minimum Gasteiger partial charge on any atom is -0.365 e. The van der Waals surface area contributed by atoms with E-state index in [0.717, 1.165) is 16.1 Å². The zero-order valence-corrected chi connectivity index (χ0v) is 20.8. The van der Waals surface area contributed by atoms with Gasteiger partial charge >= 0.3 is 0 Å². The van der Waals surface area contributed by atoms with E-state index in [4.69, 9.17) is 4.74 Å². The van der Waals surface area contributed by atoms with Crippen molar-refractivity contribution in [2.24, 2.45) is 5.92 Å². The summed E-state index contributed by atoms with van der Waals surface area (Å²) in [6, 6.07) is 16.1. The van der Waals surface area contributed by atoms with Crippen LogP contribution in [0, 0.1) is 12.8 Å². The number of hydrogen-bond acceptors (Lipinski definition) is 6. The minimum atomic E-state index is -0.143. The first-order valence-corrected chi connectivity index (χ1v) is 13.1. The van der Waals surface area contributed by atoms with E-state index in [0.29, 0.717) is 50.5 Å². The number of piperidine rings is 1. The molecule has 0 aliphatic carbocycles. The van der Waals surface area contributed by atoms with E-state index in [1.807, 2.05) is 30.5 Å². The second-order valence-electron chi connectivity index (χ2n) is 9.06. The molecule has 1 fully saturated rings. The quantitative estimate of drug-likeness (QED) is 0.541. The van der Waals surface area contributed by atoms with Crippen LogP contribution in [-0.4, -0.2) is 51.1 Å². The zero-order valence-electron chi connectivity index (χ0n) is 19.9. The van der Waals surface area contributed by atoms with Gasteiger partial charge in [0.1, 0.15) is 6.10 Å². The molecular formula is C26H29N5O3S. The molecule has 0 spiro atoms. The van der Waals surface area contributed by atoms with E-state index in [1.165, 1.54) is 5.56 Å². The summed E-state index contributed by atoms with van der Waals surface area (Å²) in [5, 5.41) is 11.4. The van der Waals surface area contributed by atoms with Crippen molar-refractivity contribution in [3.05, 3.63) is 71.0 Å². The van der Waals surface area contributed by atoms with Gasteiger partial charge in [-0.3, -0.25) is 9.59 Å². The molecule has 3 aromatic rings. The number of thioether (sulfide) groups is 1. The molecule has 5 rings (SSSR count). The SMILES string of the molecule is CSc1ccc(NC(=O)C2CCN(C(=O)c3nnn4c3COC(c3ccc(C)cc3)C4)CC2)cc1. The van der Waals surface area contributed by atoms with Gasteiger partial charge in [-0.15, -0.1) is 16.9 Å². The Labute approximate surface area is 209 Å². The highest BCUT2D eigenvalue weighted by Crippen LogP contribution is 2.28. The minimum absolute atomic E-state index is 0.00517. The van der Waals surface area contributed by atoms with Gasteiger partial charge in [0.2, 0.25) is 5.91 Å². The van der Waals surface area contributed by atoms with Crippen molar-refractivity contribution < 1.29 is 14.3 Å². The number of aromatic nitrogens is 3. The van der Waals surface area contributed by atoms with Crippen LogP contribution in [-0.2, 0) is 22.7 Å². The largest absolute Gasteiger partial charge is 0.365 e. The van der Waals surface area contributed by atoms with Gasteiger partial charge in [0.25, 0.3) is 5.91 Å². The van der Waals surface area contributed by atoms with Gasteiger partial charge in [-0.25, -0.2) is 4.68 Å². The van der Waals surface area contributed by atoms with Crippen molar-refractivity contribution in [2.45, 2.75) is 43.9 Å². The third kappa shape index (κ3) is 5.11. The predicted molar refractivity (Wildman–Crippen MR) is 134 cm³/mol. The van der Waals surface area contributed by atoms with Crippen molar-refractivity contribution in [1.29, 1.82) is 0 Å². The standard InChI is InChI=1S/C26H29N5O3S/c1-17-3-5-18(6-4-17)23-15-31-22(16-34-23)24(28-29-31)26(33)30-13-11-19(12-14-30)25(32)27-20-7-9-21(35-2)10-8-20/h3-10,19,23H,11-16H2,1-2H3,(H,27,32). The van der Waals surface area contributed by atoms with E-state index in [2.05, 4.69) is 46.8 Å². The molecule has 1 atom stereocenters. The topological polar surface area (TPSA) is 89.4 Å². The smallest absolute Gasteiger partial charge is 0.276 e. The van der Waals surface area contributed by atoms with Crippen LogP contribution in [0.5, 0.6) is 0 Å². The van der Waals surface area contributed by atoms with Gasteiger partial charge in [-0.1, -0.05) is 35.0 Å². The lowest BCUT2D eigenvalue weighted by molar-refractivity contribution is -0.121. The number of benzene rings is 2. The van der Waals surface area contributed by atoms with Crippen molar-refractivity contribution >= 4 is 29.3 Å². The van der Waals surface area contributed by atoms with E-state index in [9.17, 15) is 9.59 Å². The lowest BCUT2D eigenvalue weighted by Crippen LogP contribution is -2.42. The first-order valence-electron chi connectivity index (χ1n) is 11.9. The van der Waals surface area contributed by atoms with Crippen LogP contribution in [0.4, 0.5) is 5.69 Å². The lowest BCUT2D eigenvalue weighted by Gasteiger charge is -2.31. The van der Waals surface area contributed by atoms with Gasteiger partial charge in [0, 0.05) is 29.6 Å². The Hall–Kier alpha value is -3.17. The van der Waals surface area contributed by atoms with Gasteiger partial charge in [-0.05, 0) is 55.9 Å². The lowest BCUT2D eigenvalue weighted by atomic mass is 9.95. The van der Waals surface area contributed by atoms with Gasteiger partial charge in [0.15, 0.2) is 5.69 Å². The molecule has 182 valence electrons. The highest BCUT2D eigenvalue weighted by molar-refractivity contribution is 7.98. The molecule has 3 heterocycles. The Bertz CT molecular complexity index is 1200. The number of carbonyl (C=O) groups is 2. The van der Waals surface area contributed by atoms with Crippen LogP contribution < -0.4 is 5.32 Å². The fourth-order valence-corrected chi connectivity index (χ4v) is 4.98. The number of amides is 2. The summed E-state index contributed by atoms with van der Waals surface area (Å²) in [6.45, 7) is 3.90. The van der Waals surface area contributed by atoms with Crippen LogP contribution >= 0.6 is 11.8 Å². The van der Waals surface area contributed by atoms with Crippen LogP contribution in [0.3, 0.4) is 0 Å². The zero-order chi connectivity index (χ0) is 24.4. The number of ether oxygens (including phenoxy) is 1. The van der Waals surface area contributed by atoms with E-state index in [-0.39, 0.29) is 23.8 Å². The molecule has 1 unspecified atom stereocenters. The highest BCUT2D eigenvalue weighted by atomic mass is 32.2. The number of carbonyl (C=O) groups excluding carboxylic acids is 2. The van der Waals surface area contributed by atoms with E-state index in [1.54, 1.807) is 21.3 Å². The number of anilines is 1. The number of fused-ring (bicyclic) bond motifs is 1. The fourth-order valence-electron chi connectivity index (χ4n) is 4.57. The molecule has 1 N–H and O–H groups in total. The second-order valence-corrected chi connectivity index (χ2v) is 9.94. The molecule has 2 aromatic carbocycles. The third-order valence-corrected chi connectivity index (χ3v) is 7.50. The van der Waals surface area contributed by atoms with E-state index < -0.39 is 0 Å². The average molecular weight is 492 g/mol. The monoisotopic (exact) mass is 491 g/mol. The first-order chi connectivity index (χ1) is 17.0. The molecular weight excluding hydrogens is 462 g/mol. The van der Waals surface area contributed by atoms with Crippen LogP contribution in [0.2, 0.25) is 0 Å². The molecule has 0 saturated carbocycles. The Morgan fingerprint density at radius 3 is 2.46 bits per heavy atom. The van der Waals surface area contributed by atoms with Crippen LogP contribution in [0.15, 0.2) is 53.4 Å². The van der Waals surface area contributed by atoms with Crippen molar-refractivity contribution in [1.82, 2.24) is 19.9 Å². The molecule has 0 bridgehead atoms. The summed E-state index contributed by atoms with van der Waals surface area (Å²) < 4.78 is 7.84. The normalized spacial score (nSPS) is 18.2. The fraction of sp³-hybridized carbons (Fsp3) is 0.385. The summed E-state index contributed by atoms with van der Waals surface area (Å²) >= 11 is 1.66. The summed E-state index contributed by atoms with van der Waals surface area (Å²) in [5.41, 5.74) is 4.15. The molecule has 35 heavy (non-hydrogen) atoms. The summed E-state index contributed by atoms with van der Waals surface area (Å²) in [4.78, 5) is 28.9. The number of nitrogens with one attached hydrogen (secondary N) is 1. The average Bonchev–Trinajstić information content (AvgIpc) is 3.32. The van der Waals surface area contributed by atoms with Crippen LogP contribution in [0.25, 0.3) is 0 Å². The number of rotatable bonds is 5. The molecule has 1 saturated heterocycles. The second kappa shape index (κ2) is 10.2. The van der Waals surface area contributed by atoms with Crippen LogP contribution in [0.1, 0.15) is 46.3 Å². The highest BCUT2D eigenvalue weighted by Gasteiger charge is 2.33. The summed E-state index contributed by atoms with van der Waals surface area (Å²) in [5.74, 6) is -0.257. The third-order valence-electron chi connectivity index (χ3n) is 6.76. The maximum absolute atomic E-state index is 13.2. The molecule has 1 aromatic heterocycles. The van der Waals surface area contributed by atoms with Crippen molar-refractivity contribution in [3.63, 3.8) is 0 Å². The summed E-state index contributed by atoms with van der Waals surface area (Å²) in [7, 11) is 0. The van der Waals surface area contributed by atoms with Crippen molar-refractivity contribution in [3.8, 4) is 0 Å². The molecule has 9 heteroatoms. The Morgan fingerprint density at radius 1 is 1.06 bits per heavy atom. The molecule has 2 aliphatic rings. The maximum atomic E-state index is 13.2. The van der Waals surface area contributed by atoms with Crippen molar-refractivity contribution in [2.75, 3.05) is 24.7 Å². The van der Waals surface area contributed by atoms with E-state index >= 15 is 0 Å². The molecule has 2 aliphatic heterocycles. The van der Waals surface area contributed by atoms with Gasteiger partial charge in [0.05, 0.1) is 18.8 Å². The van der Waals surface area contributed by atoms with Gasteiger partial charge < -0.3 is 15.0 Å². The summed E-state index contributed by atoms with van der Waals surface area (Å²) in [6.07, 6.45) is 3.15. The number of nitrogens with zero attached hydrogens (tertiary/aromatic N) is 4. The first kappa shape index (κ1) is 23.6. The van der Waals surface area contributed by atoms with Gasteiger partial charge in [-0.2, -0.15) is 0 Å². The maximum Gasteiger partial charge on any atom is 0.276 e. The number of hydrogen-bond donors (Lipinski definition) is 1. The molecule has 8 nitrogen and oxygen atoms in total. The Morgan fingerprint density at radius 2 is 1.77 bits per heavy atom. The number of aryl methyl sites for hydroxylation is 1.